The topological polar surface area (TPSA) is 122 Å². The number of rotatable bonds is 6. The van der Waals surface area contributed by atoms with Crippen LogP contribution in [0.1, 0.15) is 27.5 Å². The molecule has 0 radical (unpaired) electrons. The third kappa shape index (κ3) is 4.06. The number of imidazole rings is 1. The number of hydrogen-bond acceptors (Lipinski definition) is 6. The predicted molar refractivity (Wildman–Crippen MR) is 143 cm³/mol. The van der Waals surface area contributed by atoms with E-state index in [0.717, 1.165) is 44.7 Å². The maximum Gasteiger partial charge on any atom is 0.253 e. The van der Waals surface area contributed by atoms with Crippen molar-refractivity contribution in [2.24, 2.45) is 5.73 Å². The molecule has 9 heteroatoms. The second-order valence-electron chi connectivity index (χ2n) is 8.39. The molecule has 1 aliphatic rings. The zero-order valence-electron chi connectivity index (χ0n) is 19.2. The third-order valence-electron chi connectivity index (χ3n) is 6.24. The van der Waals surface area contributed by atoms with Gasteiger partial charge in [0.25, 0.3) is 5.91 Å². The smallest absolute Gasteiger partial charge is 0.253 e. The molecule has 1 amide bonds. The molecule has 1 atom stereocenters. The number of aromatic nitrogens is 4. The van der Waals surface area contributed by atoms with Gasteiger partial charge in [0.2, 0.25) is 0 Å². The highest BCUT2D eigenvalue weighted by Gasteiger charge is 2.32. The van der Waals surface area contributed by atoms with Crippen LogP contribution in [0, 0.1) is 0 Å². The minimum Gasteiger partial charge on any atom is -0.369 e. The van der Waals surface area contributed by atoms with E-state index in [1.54, 1.807) is 30.7 Å². The average Bonchev–Trinajstić information content (AvgIpc) is 3.47. The van der Waals surface area contributed by atoms with Gasteiger partial charge in [-0.05, 0) is 40.5 Å². The Hall–Kier alpha value is -4.27. The molecule has 180 valence electrons. The highest BCUT2D eigenvalue weighted by atomic mass is 35.5. The first kappa shape index (κ1) is 23.5. The maximum atomic E-state index is 13.2. The van der Waals surface area contributed by atoms with E-state index in [2.05, 4.69) is 49.9 Å². The highest BCUT2D eigenvalue weighted by Crippen LogP contribution is 2.47. The maximum absolute atomic E-state index is 13.2. The SMILES string of the molecule is Cl.NCCNc1ccc(C(=O)NC2c3ccccc3-c3c(-c4nc5ccncc5[nH]4)cccc32)cn1. The number of fused-ring (bicyclic) bond motifs is 4. The molecule has 1 unspecified atom stereocenters. The molecule has 36 heavy (non-hydrogen) atoms. The van der Waals surface area contributed by atoms with Crippen molar-refractivity contribution in [1.29, 1.82) is 0 Å². The molecule has 0 saturated heterocycles. The molecule has 0 bridgehead atoms. The van der Waals surface area contributed by atoms with Crippen LogP contribution in [0.2, 0.25) is 0 Å². The Kier molecular flexibility index (Phi) is 6.37. The molecule has 3 aromatic heterocycles. The normalized spacial score (nSPS) is 13.5. The Balaban J connectivity index is 0.00000267. The number of nitrogens with zero attached hydrogens (tertiary/aromatic N) is 3. The van der Waals surface area contributed by atoms with Crippen molar-refractivity contribution in [3.05, 3.63) is 95.9 Å². The standard InChI is InChI=1S/C27H23N7O.ClH/c28-11-13-30-23-9-8-16(14-31-23)27(35)34-25-18-5-2-1-4-17(18)24-19(25)6-3-7-20(24)26-32-21-10-12-29-15-22(21)33-26;/h1-10,12,14-15,25H,11,13,28H2,(H,30,31)(H,32,33)(H,34,35);1H. The largest absolute Gasteiger partial charge is 0.369 e. The van der Waals surface area contributed by atoms with Gasteiger partial charge in [-0.25, -0.2) is 9.97 Å². The van der Waals surface area contributed by atoms with Crippen molar-refractivity contribution in [1.82, 2.24) is 25.3 Å². The fraction of sp³-hybridized carbons (Fsp3) is 0.111. The minimum atomic E-state index is -0.283. The van der Waals surface area contributed by atoms with Gasteiger partial charge in [0.15, 0.2) is 0 Å². The number of anilines is 1. The molecule has 8 nitrogen and oxygen atoms in total. The number of halogens is 1. The van der Waals surface area contributed by atoms with E-state index in [1.807, 2.05) is 24.3 Å². The Labute approximate surface area is 213 Å². The number of pyridine rings is 2. The van der Waals surface area contributed by atoms with Crippen molar-refractivity contribution < 1.29 is 4.79 Å². The van der Waals surface area contributed by atoms with E-state index in [9.17, 15) is 4.79 Å². The number of carbonyl (C=O) groups is 1. The summed E-state index contributed by atoms with van der Waals surface area (Å²) in [5, 5.41) is 6.33. The number of amides is 1. The van der Waals surface area contributed by atoms with E-state index < -0.39 is 0 Å². The van der Waals surface area contributed by atoms with E-state index in [4.69, 9.17) is 10.7 Å². The van der Waals surface area contributed by atoms with Gasteiger partial charge >= 0.3 is 0 Å². The predicted octanol–water partition coefficient (Wildman–Crippen LogP) is 4.31. The molecule has 0 saturated carbocycles. The summed E-state index contributed by atoms with van der Waals surface area (Å²) in [7, 11) is 0. The number of carbonyl (C=O) groups excluding carboxylic acids is 1. The van der Waals surface area contributed by atoms with E-state index in [-0.39, 0.29) is 24.4 Å². The molecule has 1 aliphatic carbocycles. The first-order valence-electron chi connectivity index (χ1n) is 11.5. The summed E-state index contributed by atoms with van der Waals surface area (Å²) in [5.41, 5.74) is 13.0. The van der Waals surface area contributed by atoms with Crippen LogP contribution in [0.3, 0.4) is 0 Å². The number of aromatic amines is 1. The number of nitrogens with one attached hydrogen (secondary N) is 3. The monoisotopic (exact) mass is 497 g/mol. The van der Waals surface area contributed by atoms with Gasteiger partial charge in [-0.3, -0.25) is 9.78 Å². The molecule has 0 fully saturated rings. The quantitative estimate of drug-likeness (QED) is 0.277. The summed E-state index contributed by atoms with van der Waals surface area (Å²) in [6.45, 7) is 1.13. The lowest BCUT2D eigenvalue weighted by molar-refractivity contribution is 0.0943. The zero-order chi connectivity index (χ0) is 23.8. The van der Waals surface area contributed by atoms with Gasteiger partial charge in [-0.1, -0.05) is 42.5 Å². The number of hydrogen-bond donors (Lipinski definition) is 4. The van der Waals surface area contributed by atoms with E-state index in [0.29, 0.717) is 24.5 Å². The fourth-order valence-electron chi connectivity index (χ4n) is 4.64. The van der Waals surface area contributed by atoms with Crippen molar-refractivity contribution in [3.63, 3.8) is 0 Å². The van der Waals surface area contributed by atoms with Gasteiger partial charge in [0.05, 0.1) is 28.8 Å². The molecular weight excluding hydrogens is 474 g/mol. The second-order valence-corrected chi connectivity index (χ2v) is 8.39. The Morgan fingerprint density at radius 3 is 2.61 bits per heavy atom. The van der Waals surface area contributed by atoms with Crippen LogP contribution in [-0.2, 0) is 0 Å². The van der Waals surface area contributed by atoms with E-state index >= 15 is 0 Å². The van der Waals surface area contributed by atoms with Crippen molar-refractivity contribution in [2.45, 2.75) is 6.04 Å². The number of H-pyrrole nitrogens is 1. The number of benzene rings is 2. The lowest BCUT2D eigenvalue weighted by Gasteiger charge is -2.16. The summed E-state index contributed by atoms with van der Waals surface area (Å²) in [6, 6.07) is 19.4. The van der Waals surface area contributed by atoms with Gasteiger partial charge < -0.3 is 21.4 Å². The van der Waals surface area contributed by atoms with Crippen LogP contribution in [0.4, 0.5) is 5.82 Å². The first-order chi connectivity index (χ1) is 17.2. The summed E-state index contributed by atoms with van der Waals surface area (Å²) < 4.78 is 0. The Morgan fingerprint density at radius 2 is 1.81 bits per heavy atom. The Morgan fingerprint density at radius 1 is 0.972 bits per heavy atom. The number of nitrogens with two attached hydrogens (primary N) is 1. The molecule has 0 aliphatic heterocycles. The summed E-state index contributed by atoms with van der Waals surface area (Å²) in [5.74, 6) is 1.28. The van der Waals surface area contributed by atoms with Crippen molar-refractivity contribution >= 4 is 35.2 Å². The third-order valence-corrected chi connectivity index (χ3v) is 6.24. The molecule has 6 rings (SSSR count). The van der Waals surface area contributed by atoms with Crippen LogP contribution in [0.15, 0.2) is 79.3 Å². The molecule has 0 spiro atoms. The molecule has 5 N–H and O–H groups in total. The van der Waals surface area contributed by atoms with Crippen LogP contribution in [-0.4, -0.2) is 38.9 Å². The molecule has 2 aromatic carbocycles. The molecule has 5 aromatic rings. The van der Waals surface area contributed by atoms with Crippen LogP contribution in [0.5, 0.6) is 0 Å². The highest BCUT2D eigenvalue weighted by molar-refractivity contribution is 5.97. The van der Waals surface area contributed by atoms with Gasteiger partial charge in [0, 0.05) is 31.0 Å². The lowest BCUT2D eigenvalue weighted by Crippen LogP contribution is -2.28. The molecule has 3 heterocycles. The van der Waals surface area contributed by atoms with Crippen LogP contribution in [0.25, 0.3) is 33.5 Å². The fourth-order valence-corrected chi connectivity index (χ4v) is 4.64. The minimum absolute atomic E-state index is 0. The lowest BCUT2D eigenvalue weighted by atomic mass is 9.98. The van der Waals surface area contributed by atoms with Gasteiger partial charge in [-0.15, -0.1) is 12.4 Å². The van der Waals surface area contributed by atoms with E-state index in [1.165, 1.54) is 0 Å². The first-order valence-corrected chi connectivity index (χ1v) is 11.5. The van der Waals surface area contributed by atoms with Gasteiger partial charge in [0.1, 0.15) is 11.6 Å². The molecular formula is C27H24ClN7O. The van der Waals surface area contributed by atoms with Crippen molar-refractivity contribution in [2.75, 3.05) is 18.4 Å². The Bertz CT molecular complexity index is 1510. The van der Waals surface area contributed by atoms with Gasteiger partial charge in [-0.2, -0.15) is 0 Å². The van der Waals surface area contributed by atoms with Crippen LogP contribution >= 0.6 is 12.4 Å². The summed E-state index contributed by atoms with van der Waals surface area (Å²) in [6.07, 6.45) is 5.09. The summed E-state index contributed by atoms with van der Waals surface area (Å²) in [4.78, 5) is 29.9. The second kappa shape index (κ2) is 9.77. The van der Waals surface area contributed by atoms with Crippen LogP contribution < -0.4 is 16.4 Å². The average molecular weight is 498 g/mol. The zero-order valence-corrected chi connectivity index (χ0v) is 20.0. The van der Waals surface area contributed by atoms with Crippen molar-refractivity contribution in [3.8, 4) is 22.5 Å². The summed E-state index contributed by atoms with van der Waals surface area (Å²) >= 11 is 0.